The van der Waals surface area contributed by atoms with E-state index in [0.29, 0.717) is 6.54 Å². The molecule has 4 heteroatoms. The molecule has 1 aliphatic heterocycles. The van der Waals surface area contributed by atoms with Gasteiger partial charge in [-0.05, 0) is 33.2 Å². The largest absolute Gasteiger partial charge is 0.392 e. The predicted molar refractivity (Wildman–Crippen MR) is 50.3 cm³/mol. The minimum Gasteiger partial charge on any atom is -0.392 e. The Kier molecular flexibility index (Phi) is 3.27. The quantitative estimate of drug-likeness (QED) is 0.563. The number of carbonyl (C=O) groups is 1. The lowest BCUT2D eigenvalue weighted by molar-refractivity contribution is -0.126. The molecule has 13 heavy (non-hydrogen) atoms. The highest BCUT2D eigenvalue weighted by atomic mass is 16.3. The summed E-state index contributed by atoms with van der Waals surface area (Å²) in [5.74, 6) is -0.00843. The summed E-state index contributed by atoms with van der Waals surface area (Å²) < 4.78 is 0. The molecule has 1 fully saturated rings. The van der Waals surface area contributed by atoms with E-state index in [1.165, 1.54) is 0 Å². The Balaban J connectivity index is 2.38. The molecule has 1 heterocycles. The van der Waals surface area contributed by atoms with Crippen molar-refractivity contribution >= 4 is 5.91 Å². The highest BCUT2D eigenvalue weighted by Crippen LogP contribution is 2.18. The first-order chi connectivity index (χ1) is 6.04. The van der Waals surface area contributed by atoms with Crippen LogP contribution in [0.15, 0.2) is 0 Å². The minimum atomic E-state index is -0.478. The first-order valence-electron chi connectivity index (χ1n) is 4.76. The average Bonchev–Trinajstić information content (AvgIpc) is 2.49. The molecule has 1 saturated heterocycles. The number of carbonyl (C=O) groups excluding carboxylic acids is 1. The van der Waals surface area contributed by atoms with Crippen molar-refractivity contribution in [2.24, 2.45) is 0 Å². The molecule has 1 rings (SSSR count). The monoisotopic (exact) mass is 186 g/mol. The van der Waals surface area contributed by atoms with Gasteiger partial charge in [-0.25, -0.2) is 0 Å². The first-order valence-corrected chi connectivity index (χ1v) is 4.76. The second kappa shape index (κ2) is 4.07. The Morgan fingerprint density at radius 2 is 2.46 bits per heavy atom. The number of amides is 1. The van der Waals surface area contributed by atoms with Gasteiger partial charge in [-0.3, -0.25) is 4.79 Å². The topological polar surface area (TPSA) is 61.4 Å². The molecule has 4 nitrogen and oxygen atoms in total. The SMILES string of the molecule is C[C@@H](O)CNC(=O)C1(C)CCCN1. The normalized spacial score (nSPS) is 30.1. The Bertz CT molecular complexity index is 186. The van der Waals surface area contributed by atoms with Gasteiger partial charge in [0.1, 0.15) is 0 Å². The maximum Gasteiger partial charge on any atom is 0.240 e. The van der Waals surface area contributed by atoms with Gasteiger partial charge in [-0.2, -0.15) is 0 Å². The molecule has 0 radical (unpaired) electrons. The van der Waals surface area contributed by atoms with Crippen molar-refractivity contribution in [3.63, 3.8) is 0 Å². The van der Waals surface area contributed by atoms with Crippen molar-refractivity contribution in [2.75, 3.05) is 13.1 Å². The van der Waals surface area contributed by atoms with Crippen LogP contribution in [0.2, 0.25) is 0 Å². The van der Waals surface area contributed by atoms with E-state index in [0.717, 1.165) is 19.4 Å². The van der Waals surface area contributed by atoms with Crippen molar-refractivity contribution in [1.82, 2.24) is 10.6 Å². The Labute approximate surface area is 78.7 Å². The van der Waals surface area contributed by atoms with E-state index >= 15 is 0 Å². The molecule has 1 aliphatic rings. The zero-order chi connectivity index (χ0) is 9.90. The van der Waals surface area contributed by atoms with Crippen molar-refractivity contribution < 1.29 is 9.90 Å². The van der Waals surface area contributed by atoms with E-state index in [2.05, 4.69) is 10.6 Å². The molecule has 76 valence electrons. The van der Waals surface area contributed by atoms with Crippen LogP contribution >= 0.6 is 0 Å². The molecule has 3 N–H and O–H groups in total. The second-order valence-corrected chi connectivity index (χ2v) is 3.92. The van der Waals surface area contributed by atoms with Gasteiger partial charge < -0.3 is 15.7 Å². The standard InChI is InChI=1S/C9H18N2O2/c1-7(12)6-10-8(13)9(2)4-3-5-11-9/h7,11-12H,3-6H2,1-2H3,(H,10,13)/t7-,9?/m1/s1. The maximum atomic E-state index is 11.6. The molecule has 0 aromatic rings. The molecule has 0 bridgehead atoms. The number of hydrogen-bond acceptors (Lipinski definition) is 3. The number of rotatable bonds is 3. The number of nitrogens with one attached hydrogen (secondary N) is 2. The summed E-state index contributed by atoms with van der Waals surface area (Å²) in [7, 11) is 0. The van der Waals surface area contributed by atoms with Crippen LogP contribution in [0.1, 0.15) is 26.7 Å². The van der Waals surface area contributed by atoms with Crippen LogP contribution in [0.25, 0.3) is 0 Å². The molecular weight excluding hydrogens is 168 g/mol. The molecule has 0 saturated carbocycles. The van der Waals surface area contributed by atoms with Gasteiger partial charge in [-0.1, -0.05) is 0 Å². The van der Waals surface area contributed by atoms with Crippen molar-refractivity contribution in [1.29, 1.82) is 0 Å². The lowest BCUT2D eigenvalue weighted by atomic mass is 9.99. The molecule has 0 aliphatic carbocycles. The van der Waals surface area contributed by atoms with E-state index in [9.17, 15) is 4.79 Å². The Morgan fingerprint density at radius 3 is 2.92 bits per heavy atom. The molecule has 1 amide bonds. The minimum absolute atomic E-state index is 0.00843. The zero-order valence-electron chi connectivity index (χ0n) is 8.26. The van der Waals surface area contributed by atoms with Crippen molar-refractivity contribution in [2.45, 2.75) is 38.3 Å². The Hall–Kier alpha value is -0.610. The summed E-state index contributed by atoms with van der Waals surface area (Å²) in [5, 5.41) is 14.9. The van der Waals surface area contributed by atoms with E-state index in [1.54, 1.807) is 6.92 Å². The average molecular weight is 186 g/mol. The maximum absolute atomic E-state index is 11.6. The van der Waals surface area contributed by atoms with Crippen LogP contribution in [0, 0.1) is 0 Å². The number of aliphatic hydroxyl groups is 1. The molecule has 1 unspecified atom stereocenters. The fourth-order valence-corrected chi connectivity index (χ4v) is 1.52. The third-order valence-electron chi connectivity index (χ3n) is 2.43. The third kappa shape index (κ3) is 2.67. The fourth-order valence-electron chi connectivity index (χ4n) is 1.52. The highest BCUT2D eigenvalue weighted by Gasteiger charge is 2.35. The van der Waals surface area contributed by atoms with Gasteiger partial charge in [0.15, 0.2) is 0 Å². The zero-order valence-corrected chi connectivity index (χ0v) is 8.26. The first kappa shape index (κ1) is 10.5. The van der Waals surface area contributed by atoms with Crippen molar-refractivity contribution in [3.05, 3.63) is 0 Å². The summed E-state index contributed by atoms with van der Waals surface area (Å²) in [6.45, 7) is 4.79. The van der Waals surface area contributed by atoms with Gasteiger partial charge in [0, 0.05) is 6.54 Å². The van der Waals surface area contributed by atoms with Crippen LogP contribution in [-0.4, -0.2) is 35.7 Å². The van der Waals surface area contributed by atoms with Gasteiger partial charge in [0.2, 0.25) is 5.91 Å². The van der Waals surface area contributed by atoms with Crippen LogP contribution in [0.4, 0.5) is 0 Å². The predicted octanol–water partition coefficient (Wildman–Crippen LogP) is -0.374. The van der Waals surface area contributed by atoms with Crippen LogP contribution in [0.5, 0.6) is 0 Å². The van der Waals surface area contributed by atoms with Crippen molar-refractivity contribution in [3.8, 4) is 0 Å². The summed E-state index contributed by atoms with van der Waals surface area (Å²) in [6.07, 6.45) is 1.44. The van der Waals surface area contributed by atoms with E-state index in [1.807, 2.05) is 6.92 Å². The van der Waals surface area contributed by atoms with Gasteiger partial charge in [-0.15, -0.1) is 0 Å². The fraction of sp³-hybridized carbons (Fsp3) is 0.889. The lowest BCUT2D eigenvalue weighted by Crippen LogP contribution is -2.52. The van der Waals surface area contributed by atoms with Crippen LogP contribution in [-0.2, 0) is 4.79 Å². The van der Waals surface area contributed by atoms with Crippen LogP contribution < -0.4 is 10.6 Å². The molecule has 0 spiro atoms. The van der Waals surface area contributed by atoms with E-state index < -0.39 is 11.6 Å². The van der Waals surface area contributed by atoms with Gasteiger partial charge >= 0.3 is 0 Å². The third-order valence-corrected chi connectivity index (χ3v) is 2.43. The van der Waals surface area contributed by atoms with Crippen LogP contribution in [0.3, 0.4) is 0 Å². The molecule has 2 atom stereocenters. The highest BCUT2D eigenvalue weighted by molar-refractivity contribution is 5.86. The lowest BCUT2D eigenvalue weighted by Gasteiger charge is -2.23. The van der Waals surface area contributed by atoms with Gasteiger partial charge in [0.25, 0.3) is 0 Å². The number of hydrogen-bond donors (Lipinski definition) is 3. The summed E-state index contributed by atoms with van der Waals surface area (Å²) >= 11 is 0. The smallest absolute Gasteiger partial charge is 0.240 e. The molecule has 0 aromatic heterocycles. The summed E-state index contributed by atoms with van der Waals surface area (Å²) in [5.41, 5.74) is -0.422. The molecule has 0 aromatic carbocycles. The Morgan fingerprint density at radius 1 is 1.77 bits per heavy atom. The summed E-state index contributed by atoms with van der Waals surface area (Å²) in [6, 6.07) is 0. The second-order valence-electron chi connectivity index (χ2n) is 3.92. The summed E-state index contributed by atoms with van der Waals surface area (Å²) in [4.78, 5) is 11.6. The number of aliphatic hydroxyl groups excluding tert-OH is 1. The molecular formula is C9H18N2O2. The van der Waals surface area contributed by atoms with E-state index in [-0.39, 0.29) is 5.91 Å². The van der Waals surface area contributed by atoms with E-state index in [4.69, 9.17) is 5.11 Å². The van der Waals surface area contributed by atoms with Gasteiger partial charge in [0.05, 0.1) is 11.6 Å².